The second kappa shape index (κ2) is 8.08. The number of carbonyl (C=O) groups excluding carboxylic acids is 2. The summed E-state index contributed by atoms with van der Waals surface area (Å²) < 4.78 is 3.38. The van der Waals surface area contributed by atoms with Crippen molar-refractivity contribution in [2.24, 2.45) is 5.73 Å². The van der Waals surface area contributed by atoms with Gasteiger partial charge in [-0.15, -0.1) is 0 Å². The number of nitrogens with one attached hydrogen (secondary N) is 1. The quantitative estimate of drug-likeness (QED) is 0.650. The molecule has 0 aliphatic heterocycles. The second-order valence-corrected chi connectivity index (χ2v) is 6.95. The summed E-state index contributed by atoms with van der Waals surface area (Å²) in [6, 6.07) is 9.20. The molecule has 3 rings (SSSR count). The molecule has 1 atom stereocenters. The highest BCUT2D eigenvalue weighted by Crippen LogP contribution is 2.19. The number of primary amides is 1. The van der Waals surface area contributed by atoms with Gasteiger partial charge in [0.2, 0.25) is 5.91 Å². The molecule has 0 bridgehead atoms. The minimum atomic E-state index is -0.448. The number of aryl methyl sites for hydroxylation is 2. The van der Waals surface area contributed by atoms with Crippen molar-refractivity contribution in [3.05, 3.63) is 59.7 Å². The van der Waals surface area contributed by atoms with Gasteiger partial charge in [0.15, 0.2) is 0 Å². The summed E-state index contributed by atoms with van der Waals surface area (Å²) in [5.41, 5.74) is 9.54. The zero-order valence-corrected chi connectivity index (χ0v) is 16.2. The molecule has 0 spiro atoms. The van der Waals surface area contributed by atoms with Gasteiger partial charge in [0.05, 0.1) is 18.4 Å². The monoisotopic (exact) mass is 380 g/mol. The molecule has 3 N–H and O–H groups in total. The Bertz CT molecular complexity index is 987. The van der Waals surface area contributed by atoms with Crippen molar-refractivity contribution >= 4 is 11.8 Å². The average Bonchev–Trinajstić information content (AvgIpc) is 3.20. The van der Waals surface area contributed by atoms with E-state index < -0.39 is 5.91 Å². The Morgan fingerprint density at radius 1 is 1.18 bits per heavy atom. The van der Waals surface area contributed by atoms with E-state index in [-0.39, 0.29) is 18.5 Å². The molecule has 146 valence electrons. The molecular formula is C20H24N6O2. The molecule has 1 aromatic carbocycles. The highest BCUT2D eigenvalue weighted by molar-refractivity contribution is 5.94. The summed E-state index contributed by atoms with van der Waals surface area (Å²) in [7, 11) is 0. The highest BCUT2D eigenvalue weighted by atomic mass is 16.2. The molecule has 2 amide bonds. The van der Waals surface area contributed by atoms with Crippen LogP contribution in [0.3, 0.4) is 0 Å². The Morgan fingerprint density at radius 2 is 1.89 bits per heavy atom. The smallest absolute Gasteiger partial charge is 0.251 e. The van der Waals surface area contributed by atoms with Gasteiger partial charge in [-0.05, 0) is 44.5 Å². The van der Waals surface area contributed by atoms with E-state index in [9.17, 15) is 9.59 Å². The summed E-state index contributed by atoms with van der Waals surface area (Å²) in [4.78, 5) is 23.5. The van der Waals surface area contributed by atoms with Gasteiger partial charge in [-0.25, -0.2) is 0 Å². The molecule has 0 unspecified atom stereocenters. The Kier molecular flexibility index (Phi) is 5.58. The number of rotatable bonds is 7. The van der Waals surface area contributed by atoms with Gasteiger partial charge in [0.25, 0.3) is 5.91 Å². The molecule has 0 aliphatic carbocycles. The van der Waals surface area contributed by atoms with Crippen molar-refractivity contribution in [3.8, 4) is 11.1 Å². The van der Waals surface area contributed by atoms with Crippen molar-refractivity contribution in [3.63, 3.8) is 0 Å². The number of hydrogen-bond donors (Lipinski definition) is 2. The molecule has 8 nitrogen and oxygen atoms in total. The van der Waals surface area contributed by atoms with Crippen molar-refractivity contribution in [2.45, 2.75) is 39.9 Å². The number of amides is 2. The van der Waals surface area contributed by atoms with Crippen molar-refractivity contribution in [1.29, 1.82) is 0 Å². The molecule has 3 aromatic rings. The maximum Gasteiger partial charge on any atom is 0.251 e. The summed E-state index contributed by atoms with van der Waals surface area (Å²) >= 11 is 0. The van der Waals surface area contributed by atoms with Crippen LogP contribution in [0.2, 0.25) is 0 Å². The van der Waals surface area contributed by atoms with Crippen LogP contribution in [-0.4, -0.2) is 37.4 Å². The first-order valence-electron chi connectivity index (χ1n) is 9.05. The third-order valence-corrected chi connectivity index (χ3v) is 4.36. The van der Waals surface area contributed by atoms with Gasteiger partial charge in [-0.1, -0.05) is 12.1 Å². The number of aromatic nitrogens is 4. The van der Waals surface area contributed by atoms with Gasteiger partial charge in [-0.2, -0.15) is 10.2 Å². The van der Waals surface area contributed by atoms with E-state index in [1.165, 1.54) is 4.68 Å². The first-order valence-corrected chi connectivity index (χ1v) is 9.05. The average molecular weight is 380 g/mol. The zero-order chi connectivity index (χ0) is 20.3. The molecule has 8 heteroatoms. The van der Waals surface area contributed by atoms with Gasteiger partial charge < -0.3 is 11.1 Å². The zero-order valence-electron chi connectivity index (χ0n) is 16.2. The first kappa shape index (κ1) is 19.3. The summed E-state index contributed by atoms with van der Waals surface area (Å²) in [6.07, 6.45) is 3.41. The topological polar surface area (TPSA) is 108 Å². The lowest BCUT2D eigenvalue weighted by molar-refractivity contribution is -0.118. The van der Waals surface area contributed by atoms with E-state index >= 15 is 0 Å². The number of hydrogen-bond acceptors (Lipinski definition) is 4. The van der Waals surface area contributed by atoms with Crippen LogP contribution in [0.1, 0.15) is 28.7 Å². The lowest BCUT2D eigenvalue weighted by Crippen LogP contribution is -2.36. The molecule has 0 saturated carbocycles. The van der Waals surface area contributed by atoms with Crippen LogP contribution in [0.15, 0.2) is 42.7 Å². The third-order valence-electron chi connectivity index (χ3n) is 4.36. The number of nitrogens with zero attached hydrogens (tertiary/aromatic N) is 4. The predicted octanol–water partition coefficient (Wildman–Crippen LogP) is 1.67. The minimum absolute atomic E-state index is 0.0353. The van der Waals surface area contributed by atoms with E-state index in [1.807, 2.05) is 43.7 Å². The fraction of sp³-hybridized carbons (Fsp3) is 0.300. The van der Waals surface area contributed by atoms with Crippen LogP contribution >= 0.6 is 0 Å². The van der Waals surface area contributed by atoms with Crippen LogP contribution in [0.25, 0.3) is 11.1 Å². The van der Waals surface area contributed by atoms with Gasteiger partial charge in [-0.3, -0.25) is 19.0 Å². The number of carbonyl (C=O) groups is 2. The van der Waals surface area contributed by atoms with E-state index in [0.29, 0.717) is 12.1 Å². The highest BCUT2D eigenvalue weighted by Gasteiger charge is 2.12. The Labute approximate surface area is 163 Å². The molecule has 0 saturated heterocycles. The number of nitrogens with two attached hydrogens (primary N) is 1. The van der Waals surface area contributed by atoms with E-state index in [2.05, 4.69) is 15.5 Å². The van der Waals surface area contributed by atoms with Crippen molar-refractivity contribution in [2.75, 3.05) is 0 Å². The largest absolute Gasteiger partial charge is 0.368 e. The van der Waals surface area contributed by atoms with Gasteiger partial charge in [0.1, 0.15) is 6.54 Å². The van der Waals surface area contributed by atoms with Gasteiger partial charge in [0, 0.05) is 29.1 Å². The van der Waals surface area contributed by atoms with Crippen LogP contribution in [-0.2, 0) is 17.9 Å². The molecular weight excluding hydrogens is 356 g/mol. The Hall–Kier alpha value is -3.42. The maximum atomic E-state index is 12.5. The van der Waals surface area contributed by atoms with Gasteiger partial charge >= 0.3 is 0 Å². The van der Waals surface area contributed by atoms with Crippen LogP contribution in [0.4, 0.5) is 0 Å². The Balaban J connectivity index is 1.62. The standard InChI is InChI=1S/C20H24N6O2/c1-13-8-15(3)26(24-13)10-14(2)23-20(28)17-6-4-16(5-7-17)18-9-22-25(11-18)12-19(21)27/h4-9,11,14H,10,12H2,1-3H3,(H2,21,27)(H,23,28)/t14-/m1/s1. The predicted molar refractivity (Wildman–Crippen MR) is 105 cm³/mol. The Morgan fingerprint density at radius 3 is 2.50 bits per heavy atom. The first-order chi connectivity index (χ1) is 13.3. The summed E-state index contributed by atoms with van der Waals surface area (Å²) in [5, 5.41) is 11.5. The number of benzene rings is 1. The van der Waals surface area contributed by atoms with Crippen LogP contribution < -0.4 is 11.1 Å². The third kappa shape index (κ3) is 4.64. The molecule has 0 aliphatic rings. The van der Waals surface area contributed by atoms with Crippen LogP contribution in [0.5, 0.6) is 0 Å². The fourth-order valence-electron chi connectivity index (χ4n) is 3.04. The lowest BCUT2D eigenvalue weighted by Gasteiger charge is -2.15. The fourth-order valence-corrected chi connectivity index (χ4v) is 3.04. The van der Waals surface area contributed by atoms with Crippen LogP contribution in [0, 0.1) is 13.8 Å². The van der Waals surface area contributed by atoms with Crippen molar-refractivity contribution < 1.29 is 9.59 Å². The minimum Gasteiger partial charge on any atom is -0.368 e. The lowest BCUT2D eigenvalue weighted by atomic mass is 10.1. The molecule has 28 heavy (non-hydrogen) atoms. The summed E-state index contributed by atoms with van der Waals surface area (Å²) in [5.74, 6) is -0.582. The van der Waals surface area contributed by atoms with Crippen molar-refractivity contribution in [1.82, 2.24) is 24.9 Å². The van der Waals surface area contributed by atoms with E-state index in [0.717, 1.165) is 22.5 Å². The normalized spacial score (nSPS) is 12.0. The van der Waals surface area contributed by atoms with E-state index in [4.69, 9.17) is 5.73 Å². The molecule has 2 aromatic heterocycles. The maximum absolute atomic E-state index is 12.5. The van der Waals surface area contributed by atoms with E-state index in [1.54, 1.807) is 24.5 Å². The molecule has 0 radical (unpaired) electrons. The molecule has 0 fully saturated rings. The second-order valence-electron chi connectivity index (χ2n) is 6.95. The SMILES string of the molecule is Cc1cc(C)n(C[C@@H](C)NC(=O)c2ccc(-c3cnn(CC(N)=O)c3)cc2)n1. The molecule has 2 heterocycles. The summed E-state index contributed by atoms with van der Waals surface area (Å²) in [6.45, 7) is 6.55.